The van der Waals surface area contributed by atoms with Crippen LogP contribution in [0.2, 0.25) is 0 Å². The van der Waals surface area contributed by atoms with Crippen molar-refractivity contribution >= 4 is 11.9 Å². The van der Waals surface area contributed by atoms with E-state index >= 15 is 0 Å². The number of rotatable bonds is 6. The topological polar surface area (TPSA) is 99.3 Å². The maximum atomic E-state index is 5.95. The summed E-state index contributed by atoms with van der Waals surface area (Å²) in [4.78, 5) is 19.5. The maximum Gasteiger partial charge on any atom is 0.229 e. The van der Waals surface area contributed by atoms with Gasteiger partial charge >= 0.3 is 0 Å². The Balaban J connectivity index is 1.56. The molecule has 0 unspecified atom stereocenters. The minimum Gasteiger partial charge on any atom is -0.477 e. The van der Waals surface area contributed by atoms with E-state index in [9.17, 15) is 0 Å². The van der Waals surface area contributed by atoms with Crippen molar-refractivity contribution in [2.75, 3.05) is 43.5 Å². The second kappa shape index (κ2) is 8.62. The Hall–Kier alpha value is -3.26. The van der Waals surface area contributed by atoms with Gasteiger partial charge in [0.05, 0.1) is 25.5 Å². The van der Waals surface area contributed by atoms with Gasteiger partial charge in [-0.1, -0.05) is 30.3 Å². The lowest BCUT2D eigenvalue weighted by molar-refractivity contribution is 0.122. The Bertz CT molecular complexity index is 898. The highest BCUT2D eigenvalue weighted by atomic mass is 16.5. The van der Waals surface area contributed by atoms with Crippen LogP contribution in [0, 0.1) is 0 Å². The Kier molecular flexibility index (Phi) is 5.58. The summed E-state index contributed by atoms with van der Waals surface area (Å²) < 4.78 is 11.4. The van der Waals surface area contributed by atoms with Crippen LogP contribution in [0.4, 0.5) is 11.9 Å². The number of hydrogen-bond acceptors (Lipinski definition) is 8. The van der Waals surface area contributed by atoms with E-state index in [4.69, 9.17) is 15.2 Å². The van der Waals surface area contributed by atoms with Gasteiger partial charge in [0.25, 0.3) is 0 Å². The molecule has 1 saturated heterocycles. The summed E-state index contributed by atoms with van der Waals surface area (Å²) in [6.45, 7) is 3.32. The number of nitrogens with two attached hydrogens (primary N) is 1. The van der Waals surface area contributed by atoms with Gasteiger partial charge in [-0.25, -0.2) is 15.0 Å². The van der Waals surface area contributed by atoms with E-state index in [-0.39, 0.29) is 5.95 Å². The average Bonchev–Trinajstić information content (AvgIpc) is 2.75. The molecule has 1 aliphatic heterocycles. The van der Waals surface area contributed by atoms with E-state index in [1.807, 2.05) is 24.3 Å². The molecule has 28 heavy (non-hydrogen) atoms. The first-order valence-corrected chi connectivity index (χ1v) is 9.24. The fourth-order valence-corrected chi connectivity index (χ4v) is 2.93. The lowest BCUT2D eigenvalue weighted by Gasteiger charge is -2.27. The van der Waals surface area contributed by atoms with Crippen LogP contribution in [0.5, 0.6) is 5.88 Å². The second-order valence-electron chi connectivity index (χ2n) is 6.40. The summed E-state index contributed by atoms with van der Waals surface area (Å²) in [6.07, 6.45) is 4.11. The molecule has 1 fully saturated rings. The van der Waals surface area contributed by atoms with Gasteiger partial charge in [0.1, 0.15) is 0 Å². The molecule has 3 heterocycles. The number of nitrogen functional groups attached to an aromatic ring is 1. The van der Waals surface area contributed by atoms with Crippen molar-refractivity contribution in [3.05, 3.63) is 54.4 Å². The molecular formula is C20H22N6O2. The van der Waals surface area contributed by atoms with Crippen LogP contribution in [-0.4, -0.2) is 52.8 Å². The van der Waals surface area contributed by atoms with E-state index in [2.05, 4.69) is 37.0 Å². The zero-order chi connectivity index (χ0) is 19.2. The van der Waals surface area contributed by atoms with Gasteiger partial charge < -0.3 is 20.1 Å². The number of nitrogens with zero attached hydrogens (tertiary/aromatic N) is 5. The SMILES string of the molecule is Nc1ncc(-c2cc(OCCc3ccccc3)nc(N3CCOCC3)n2)cn1. The first kappa shape index (κ1) is 18.1. The third-order valence-electron chi connectivity index (χ3n) is 4.44. The van der Waals surface area contributed by atoms with Gasteiger partial charge in [-0.3, -0.25) is 0 Å². The molecule has 2 aromatic heterocycles. The molecule has 3 aromatic rings. The molecule has 0 radical (unpaired) electrons. The molecular weight excluding hydrogens is 356 g/mol. The Labute approximate surface area is 163 Å². The van der Waals surface area contributed by atoms with Crippen LogP contribution in [0.1, 0.15) is 5.56 Å². The third-order valence-corrected chi connectivity index (χ3v) is 4.44. The predicted octanol–water partition coefficient (Wildman–Crippen LogP) is 1.97. The third kappa shape index (κ3) is 4.52. The normalized spacial score (nSPS) is 14.1. The quantitative estimate of drug-likeness (QED) is 0.695. The minimum absolute atomic E-state index is 0.227. The molecule has 0 aliphatic carbocycles. The summed E-state index contributed by atoms with van der Waals surface area (Å²) >= 11 is 0. The highest BCUT2D eigenvalue weighted by Gasteiger charge is 2.17. The van der Waals surface area contributed by atoms with E-state index in [0.717, 1.165) is 25.1 Å². The average molecular weight is 378 g/mol. The van der Waals surface area contributed by atoms with Gasteiger partial charge in [0, 0.05) is 43.5 Å². The maximum absolute atomic E-state index is 5.95. The molecule has 4 rings (SSSR count). The summed E-state index contributed by atoms with van der Waals surface area (Å²) in [5.74, 6) is 1.37. The number of anilines is 2. The molecule has 8 heteroatoms. The minimum atomic E-state index is 0.227. The standard InChI is InChI=1S/C20H22N6O2/c21-19-22-13-16(14-23-19)17-12-18(28-9-6-15-4-2-1-3-5-15)25-20(24-17)26-7-10-27-11-8-26/h1-5,12-14H,6-11H2,(H2,21,22,23). The van der Waals surface area contributed by atoms with E-state index in [0.29, 0.717) is 37.3 Å². The molecule has 2 N–H and O–H groups in total. The lowest BCUT2D eigenvalue weighted by atomic mass is 10.2. The molecule has 0 spiro atoms. The Morgan fingerprint density at radius 2 is 1.79 bits per heavy atom. The summed E-state index contributed by atoms with van der Waals surface area (Å²) in [6, 6.07) is 12.0. The van der Waals surface area contributed by atoms with Crippen molar-refractivity contribution in [3.8, 4) is 17.1 Å². The molecule has 0 atom stereocenters. The highest BCUT2D eigenvalue weighted by Crippen LogP contribution is 2.24. The van der Waals surface area contributed by atoms with E-state index in [1.54, 1.807) is 12.4 Å². The van der Waals surface area contributed by atoms with Crippen molar-refractivity contribution < 1.29 is 9.47 Å². The van der Waals surface area contributed by atoms with Crippen LogP contribution in [0.15, 0.2) is 48.8 Å². The molecule has 144 valence electrons. The smallest absolute Gasteiger partial charge is 0.229 e. The predicted molar refractivity (Wildman–Crippen MR) is 106 cm³/mol. The van der Waals surface area contributed by atoms with Gasteiger partial charge in [-0.05, 0) is 5.56 Å². The van der Waals surface area contributed by atoms with Crippen molar-refractivity contribution in [2.24, 2.45) is 0 Å². The summed E-state index contributed by atoms with van der Waals surface area (Å²) in [5.41, 5.74) is 8.28. The summed E-state index contributed by atoms with van der Waals surface area (Å²) in [5, 5.41) is 0. The van der Waals surface area contributed by atoms with Crippen LogP contribution in [0.3, 0.4) is 0 Å². The zero-order valence-corrected chi connectivity index (χ0v) is 15.5. The zero-order valence-electron chi connectivity index (χ0n) is 15.5. The van der Waals surface area contributed by atoms with E-state index < -0.39 is 0 Å². The Morgan fingerprint density at radius 3 is 2.54 bits per heavy atom. The fraction of sp³-hybridized carbons (Fsp3) is 0.300. The van der Waals surface area contributed by atoms with Crippen molar-refractivity contribution in [3.63, 3.8) is 0 Å². The summed E-state index contributed by atoms with van der Waals surface area (Å²) in [7, 11) is 0. The van der Waals surface area contributed by atoms with Gasteiger partial charge in [0.2, 0.25) is 17.8 Å². The van der Waals surface area contributed by atoms with Crippen LogP contribution >= 0.6 is 0 Å². The van der Waals surface area contributed by atoms with E-state index in [1.165, 1.54) is 5.56 Å². The van der Waals surface area contributed by atoms with Crippen molar-refractivity contribution in [1.82, 2.24) is 19.9 Å². The van der Waals surface area contributed by atoms with Gasteiger partial charge in [-0.15, -0.1) is 0 Å². The van der Waals surface area contributed by atoms with Crippen LogP contribution in [0.25, 0.3) is 11.3 Å². The number of ether oxygens (including phenoxy) is 2. The molecule has 1 aliphatic rings. The van der Waals surface area contributed by atoms with Crippen molar-refractivity contribution in [1.29, 1.82) is 0 Å². The van der Waals surface area contributed by atoms with Gasteiger partial charge in [0.15, 0.2) is 0 Å². The number of aromatic nitrogens is 4. The number of morpholine rings is 1. The molecule has 1 aromatic carbocycles. The molecule has 0 amide bonds. The number of benzene rings is 1. The van der Waals surface area contributed by atoms with Crippen LogP contribution < -0.4 is 15.4 Å². The first-order chi connectivity index (χ1) is 13.8. The van der Waals surface area contributed by atoms with Crippen molar-refractivity contribution in [2.45, 2.75) is 6.42 Å². The largest absolute Gasteiger partial charge is 0.477 e. The van der Waals surface area contributed by atoms with Gasteiger partial charge in [-0.2, -0.15) is 4.98 Å². The second-order valence-corrected chi connectivity index (χ2v) is 6.40. The highest BCUT2D eigenvalue weighted by molar-refractivity contribution is 5.60. The fourth-order valence-electron chi connectivity index (χ4n) is 2.93. The Morgan fingerprint density at radius 1 is 1.04 bits per heavy atom. The number of hydrogen-bond donors (Lipinski definition) is 1. The van der Waals surface area contributed by atoms with Crippen LogP contribution in [-0.2, 0) is 11.2 Å². The lowest BCUT2D eigenvalue weighted by Crippen LogP contribution is -2.37. The monoisotopic (exact) mass is 378 g/mol. The molecule has 0 saturated carbocycles. The first-order valence-electron chi connectivity index (χ1n) is 9.24. The molecule has 0 bridgehead atoms. The molecule has 8 nitrogen and oxygen atoms in total.